The molecule has 10 heteroatoms. The van der Waals surface area contributed by atoms with E-state index in [9.17, 15) is 14.4 Å². The normalized spacial score (nSPS) is 23.9. The molecule has 33 heavy (non-hydrogen) atoms. The average molecular weight is 455 g/mol. The van der Waals surface area contributed by atoms with Gasteiger partial charge in [-0.05, 0) is 31.0 Å². The lowest BCUT2D eigenvalue weighted by Gasteiger charge is -2.42. The van der Waals surface area contributed by atoms with Crippen molar-refractivity contribution in [1.29, 1.82) is 0 Å². The fraction of sp³-hybridized carbons (Fsp3) is 0.478. The molecule has 0 aliphatic carbocycles. The zero-order valence-electron chi connectivity index (χ0n) is 19.1. The first-order valence-electron chi connectivity index (χ1n) is 11.1. The lowest BCUT2D eigenvalue weighted by molar-refractivity contribution is -0.137. The van der Waals surface area contributed by atoms with Gasteiger partial charge in [-0.15, -0.1) is 0 Å². The SMILES string of the molecule is COC[C@]1(C[C@H](C)C(=O)N2CCN(c3cccc(-c4cn[nH]c4)c3)[C@@H](C)C2)NC(=O)NC1=O. The monoisotopic (exact) mass is 454 g/mol. The van der Waals surface area contributed by atoms with E-state index in [0.29, 0.717) is 19.6 Å². The molecule has 1 aromatic carbocycles. The van der Waals surface area contributed by atoms with Gasteiger partial charge in [0.2, 0.25) is 5.91 Å². The third-order valence-corrected chi connectivity index (χ3v) is 6.43. The summed E-state index contributed by atoms with van der Waals surface area (Å²) in [4.78, 5) is 41.5. The third kappa shape index (κ3) is 4.56. The maximum atomic E-state index is 13.2. The largest absolute Gasteiger partial charge is 0.382 e. The molecule has 2 aliphatic rings. The topological polar surface area (TPSA) is 120 Å². The van der Waals surface area contributed by atoms with E-state index < -0.39 is 23.4 Å². The Hall–Kier alpha value is -3.40. The highest BCUT2D eigenvalue weighted by molar-refractivity contribution is 6.07. The Kier molecular flexibility index (Phi) is 6.37. The van der Waals surface area contributed by atoms with Crippen LogP contribution in [0.3, 0.4) is 0 Å². The van der Waals surface area contributed by atoms with Crippen LogP contribution in [0, 0.1) is 5.92 Å². The summed E-state index contributed by atoms with van der Waals surface area (Å²) in [6.45, 7) is 5.77. The van der Waals surface area contributed by atoms with Crippen LogP contribution in [0.5, 0.6) is 0 Å². The summed E-state index contributed by atoms with van der Waals surface area (Å²) in [7, 11) is 1.47. The van der Waals surface area contributed by atoms with Gasteiger partial charge in [0.1, 0.15) is 5.54 Å². The fourth-order valence-corrected chi connectivity index (χ4v) is 4.81. The van der Waals surface area contributed by atoms with Crippen molar-refractivity contribution in [2.24, 2.45) is 5.92 Å². The molecule has 2 aromatic rings. The number of hydrogen-bond acceptors (Lipinski definition) is 6. The number of nitrogens with zero attached hydrogens (tertiary/aromatic N) is 3. The summed E-state index contributed by atoms with van der Waals surface area (Å²) in [5.41, 5.74) is 1.99. The summed E-state index contributed by atoms with van der Waals surface area (Å²) in [5.74, 6) is -0.935. The molecular formula is C23H30N6O4. The Bertz CT molecular complexity index is 1030. The smallest absolute Gasteiger partial charge is 0.322 e. The number of piperazine rings is 1. The maximum absolute atomic E-state index is 13.2. The van der Waals surface area contributed by atoms with Crippen LogP contribution in [-0.4, -0.2) is 77.9 Å². The molecule has 10 nitrogen and oxygen atoms in total. The number of methoxy groups -OCH3 is 1. The molecule has 2 aliphatic heterocycles. The number of H-pyrrole nitrogens is 1. The van der Waals surface area contributed by atoms with Crippen molar-refractivity contribution in [2.45, 2.75) is 31.8 Å². The molecule has 0 spiro atoms. The summed E-state index contributed by atoms with van der Waals surface area (Å²) < 4.78 is 5.18. The fourth-order valence-electron chi connectivity index (χ4n) is 4.81. The Morgan fingerprint density at radius 1 is 1.30 bits per heavy atom. The maximum Gasteiger partial charge on any atom is 0.322 e. The molecule has 0 unspecified atom stereocenters. The number of carbonyl (C=O) groups excluding carboxylic acids is 3. The number of benzene rings is 1. The Labute approximate surface area is 192 Å². The Balaban J connectivity index is 1.41. The molecule has 3 heterocycles. The third-order valence-electron chi connectivity index (χ3n) is 6.43. The minimum atomic E-state index is -1.22. The van der Waals surface area contributed by atoms with Crippen molar-refractivity contribution in [3.63, 3.8) is 0 Å². The van der Waals surface area contributed by atoms with E-state index in [1.165, 1.54) is 7.11 Å². The molecule has 0 radical (unpaired) electrons. The van der Waals surface area contributed by atoms with Gasteiger partial charge in [0.25, 0.3) is 5.91 Å². The highest BCUT2D eigenvalue weighted by atomic mass is 16.5. The Morgan fingerprint density at radius 2 is 2.12 bits per heavy atom. The minimum Gasteiger partial charge on any atom is -0.382 e. The number of aromatic amines is 1. The van der Waals surface area contributed by atoms with Gasteiger partial charge in [-0.3, -0.25) is 20.0 Å². The number of ether oxygens (including phenoxy) is 1. The highest BCUT2D eigenvalue weighted by Crippen LogP contribution is 2.28. The van der Waals surface area contributed by atoms with E-state index in [4.69, 9.17) is 4.74 Å². The van der Waals surface area contributed by atoms with Gasteiger partial charge >= 0.3 is 6.03 Å². The van der Waals surface area contributed by atoms with E-state index in [1.807, 2.05) is 23.2 Å². The number of aromatic nitrogens is 2. The first kappa shape index (κ1) is 22.8. The number of nitrogens with one attached hydrogen (secondary N) is 3. The van der Waals surface area contributed by atoms with E-state index in [1.54, 1.807) is 13.1 Å². The molecule has 3 atom stereocenters. The van der Waals surface area contributed by atoms with Crippen LogP contribution in [-0.2, 0) is 14.3 Å². The first-order chi connectivity index (χ1) is 15.8. The number of imide groups is 1. The number of hydrogen-bond donors (Lipinski definition) is 3. The van der Waals surface area contributed by atoms with Crippen molar-refractivity contribution >= 4 is 23.5 Å². The predicted octanol–water partition coefficient (Wildman–Crippen LogP) is 1.36. The molecule has 176 valence electrons. The van der Waals surface area contributed by atoms with Crippen LogP contribution in [0.25, 0.3) is 11.1 Å². The van der Waals surface area contributed by atoms with Crippen LogP contribution >= 0.6 is 0 Å². The van der Waals surface area contributed by atoms with Gasteiger partial charge in [0.05, 0.1) is 12.8 Å². The van der Waals surface area contributed by atoms with Crippen molar-refractivity contribution in [1.82, 2.24) is 25.7 Å². The number of anilines is 1. The van der Waals surface area contributed by atoms with Crippen LogP contribution in [0.2, 0.25) is 0 Å². The van der Waals surface area contributed by atoms with Gasteiger partial charge in [0, 0.05) is 56.2 Å². The van der Waals surface area contributed by atoms with Crippen molar-refractivity contribution in [3.8, 4) is 11.1 Å². The second kappa shape index (κ2) is 9.22. The second-order valence-electron chi connectivity index (χ2n) is 8.89. The van der Waals surface area contributed by atoms with Crippen LogP contribution < -0.4 is 15.5 Å². The lowest BCUT2D eigenvalue weighted by atomic mass is 9.87. The number of carbonyl (C=O) groups is 3. The lowest BCUT2D eigenvalue weighted by Crippen LogP contribution is -2.57. The van der Waals surface area contributed by atoms with Crippen molar-refractivity contribution < 1.29 is 19.1 Å². The molecule has 0 saturated carbocycles. The van der Waals surface area contributed by atoms with Gasteiger partial charge < -0.3 is 19.9 Å². The van der Waals surface area contributed by atoms with Gasteiger partial charge in [-0.1, -0.05) is 19.1 Å². The van der Waals surface area contributed by atoms with Gasteiger partial charge in [-0.25, -0.2) is 4.79 Å². The first-order valence-corrected chi connectivity index (χ1v) is 11.1. The minimum absolute atomic E-state index is 0.0133. The van der Waals surface area contributed by atoms with Crippen LogP contribution in [0.4, 0.5) is 10.5 Å². The van der Waals surface area contributed by atoms with Crippen molar-refractivity contribution in [3.05, 3.63) is 36.7 Å². The van der Waals surface area contributed by atoms with Crippen LogP contribution in [0.1, 0.15) is 20.3 Å². The van der Waals surface area contributed by atoms with E-state index in [2.05, 4.69) is 44.8 Å². The van der Waals surface area contributed by atoms with Crippen molar-refractivity contribution in [2.75, 3.05) is 38.3 Å². The molecule has 2 saturated heterocycles. The predicted molar refractivity (Wildman–Crippen MR) is 122 cm³/mol. The number of amides is 4. The highest BCUT2D eigenvalue weighted by Gasteiger charge is 2.48. The summed E-state index contributed by atoms with van der Waals surface area (Å²) in [5, 5.41) is 11.8. The molecule has 4 rings (SSSR count). The second-order valence-corrected chi connectivity index (χ2v) is 8.89. The molecule has 2 fully saturated rings. The molecular weight excluding hydrogens is 424 g/mol. The summed E-state index contributed by atoms with van der Waals surface area (Å²) >= 11 is 0. The molecule has 0 bridgehead atoms. The Morgan fingerprint density at radius 3 is 2.76 bits per heavy atom. The summed E-state index contributed by atoms with van der Waals surface area (Å²) in [6, 6.07) is 7.86. The number of rotatable bonds is 7. The standard InChI is InChI=1S/C23H30N6O4/c1-15(10-23(14-33-3)21(31)26-22(32)27-23)20(30)28-7-8-29(16(2)13-28)19-6-4-5-17(9-19)18-11-24-25-12-18/h4-6,9,11-12,15-16H,7-8,10,13-14H2,1-3H3,(H,24,25)(H2,26,27,31,32)/t15-,16-,23-/m0/s1. The average Bonchev–Trinajstić information content (AvgIpc) is 3.42. The van der Waals surface area contributed by atoms with E-state index in [-0.39, 0.29) is 25.0 Å². The number of urea groups is 1. The van der Waals surface area contributed by atoms with E-state index >= 15 is 0 Å². The molecule has 1 aromatic heterocycles. The van der Waals surface area contributed by atoms with Gasteiger partial charge in [-0.2, -0.15) is 5.10 Å². The van der Waals surface area contributed by atoms with E-state index in [0.717, 1.165) is 16.8 Å². The quantitative estimate of drug-likeness (QED) is 0.544. The van der Waals surface area contributed by atoms with Crippen LogP contribution in [0.15, 0.2) is 36.7 Å². The van der Waals surface area contributed by atoms with Gasteiger partial charge in [0.15, 0.2) is 0 Å². The molecule has 4 amide bonds. The summed E-state index contributed by atoms with van der Waals surface area (Å²) in [6.07, 6.45) is 3.84. The zero-order chi connectivity index (χ0) is 23.6. The molecule has 3 N–H and O–H groups in total. The zero-order valence-corrected chi connectivity index (χ0v) is 19.1.